The number of carboxylic acid groups (broad SMARTS) is 1. The maximum atomic E-state index is 14.1. The summed E-state index contributed by atoms with van der Waals surface area (Å²) in [5.41, 5.74) is -1.97. The third-order valence-electron chi connectivity index (χ3n) is 3.87. The highest BCUT2D eigenvalue weighted by molar-refractivity contribution is 5.86. The number of hydrogen-bond acceptors (Lipinski definition) is 3. The minimum atomic E-state index is -5.06. The van der Waals surface area contributed by atoms with E-state index in [2.05, 4.69) is 0 Å². The highest BCUT2D eigenvalue weighted by atomic mass is 19.4. The van der Waals surface area contributed by atoms with Gasteiger partial charge in [0, 0.05) is 11.6 Å². The van der Waals surface area contributed by atoms with Crippen molar-refractivity contribution in [2.45, 2.75) is 30.5 Å². The summed E-state index contributed by atoms with van der Waals surface area (Å²) in [7, 11) is 1.23. The number of methoxy groups -OCH3 is 1. The van der Waals surface area contributed by atoms with Crippen molar-refractivity contribution < 1.29 is 37.0 Å². The minimum absolute atomic E-state index is 0.00648. The molecule has 0 bridgehead atoms. The van der Waals surface area contributed by atoms with E-state index in [-0.39, 0.29) is 24.2 Å². The molecule has 23 heavy (non-hydrogen) atoms. The Bertz CT molecular complexity index is 638. The number of hydrogen-bond donors (Lipinski definition) is 2. The molecule has 0 aliphatic heterocycles. The molecular weight excluding hydrogens is 322 g/mol. The van der Waals surface area contributed by atoms with Crippen LogP contribution in [-0.2, 0) is 15.0 Å². The standard InChI is InChI=1S/C14H13F4NO4/c1-23-9-4-2-3-8(15)10(9)13(12(21)22)5-7(6-13)19-11(20)14(16,17)18/h2-4,7H,5-6H2,1H3,(H,19,20)(H,21,22). The zero-order chi connectivity index (χ0) is 17.4. The van der Waals surface area contributed by atoms with E-state index in [1.54, 1.807) is 5.32 Å². The van der Waals surface area contributed by atoms with Gasteiger partial charge in [0.15, 0.2) is 0 Å². The summed E-state index contributed by atoms with van der Waals surface area (Å²) in [6, 6.07) is 2.73. The molecule has 2 N–H and O–H groups in total. The number of amides is 1. The Balaban J connectivity index is 2.27. The van der Waals surface area contributed by atoms with Crippen LogP contribution in [0, 0.1) is 5.82 Å². The van der Waals surface area contributed by atoms with E-state index in [1.807, 2.05) is 0 Å². The van der Waals surface area contributed by atoms with Crippen molar-refractivity contribution in [3.05, 3.63) is 29.6 Å². The van der Waals surface area contributed by atoms with Crippen molar-refractivity contribution in [3.8, 4) is 5.75 Å². The zero-order valence-corrected chi connectivity index (χ0v) is 11.9. The molecule has 9 heteroatoms. The molecule has 1 fully saturated rings. The van der Waals surface area contributed by atoms with Gasteiger partial charge in [0.2, 0.25) is 0 Å². The first-order valence-electron chi connectivity index (χ1n) is 6.56. The van der Waals surface area contributed by atoms with Crippen LogP contribution >= 0.6 is 0 Å². The fourth-order valence-electron chi connectivity index (χ4n) is 2.78. The summed E-state index contributed by atoms with van der Waals surface area (Å²) >= 11 is 0. The van der Waals surface area contributed by atoms with Gasteiger partial charge in [0.1, 0.15) is 17.0 Å². The summed E-state index contributed by atoms with van der Waals surface area (Å²) in [6.07, 6.45) is -5.78. The number of benzene rings is 1. The molecule has 1 saturated carbocycles. The third kappa shape index (κ3) is 2.95. The number of rotatable bonds is 4. The van der Waals surface area contributed by atoms with E-state index in [1.165, 1.54) is 19.2 Å². The molecule has 5 nitrogen and oxygen atoms in total. The first kappa shape index (κ1) is 17.0. The molecule has 1 amide bonds. The monoisotopic (exact) mass is 335 g/mol. The molecule has 1 aliphatic carbocycles. The van der Waals surface area contributed by atoms with Crippen LogP contribution in [0.1, 0.15) is 18.4 Å². The summed E-state index contributed by atoms with van der Waals surface area (Å²) in [5, 5.41) is 11.1. The molecule has 0 spiro atoms. The number of carbonyl (C=O) groups excluding carboxylic acids is 1. The van der Waals surface area contributed by atoms with Crippen molar-refractivity contribution >= 4 is 11.9 Å². The van der Waals surface area contributed by atoms with Gasteiger partial charge < -0.3 is 15.2 Å². The number of aliphatic carboxylic acids is 1. The molecule has 1 aromatic carbocycles. The molecule has 2 rings (SSSR count). The number of carboxylic acids is 1. The smallest absolute Gasteiger partial charge is 0.471 e. The molecule has 0 atom stereocenters. The molecule has 0 aromatic heterocycles. The van der Waals surface area contributed by atoms with Gasteiger partial charge in [-0.05, 0) is 25.0 Å². The van der Waals surface area contributed by atoms with E-state index in [9.17, 15) is 32.3 Å². The number of ether oxygens (including phenoxy) is 1. The SMILES string of the molecule is COc1cccc(F)c1C1(C(=O)O)CC(NC(=O)C(F)(F)F)C1. The Morgan fingerprint density at radius 1 is 1.35 bits per heavy atom. The van der Waals surface area contributed by atoms with Crippen molar-refractivity contribution in [2.75, 3.05) is 7.11 Å². The van der Waals surface area contributed by atoms with Crippen LogP contribution in [0.2, 0.25) is 0 Å². The number of nitrogens with one attached hydrogen (secondary N) is 1. The molecule has 0 heterocycles. The maximum absolute atomic E-state index is 14.1. The molecule has 126 valence electrons. The Morgan fingerprint density at radius 2 is 1.96 bits per heavy atom. The van der Waals surface area contributed by atoms with Crippen LogP contribution in [0.15, 0.2) is 18.2 Å². The van der Waals surface area contributed by atoms with Crippen molar-refractivity contribution in [1.29, 1.82) is 0 Å². The zero-order valence-electron chi connectivity index (χ0n) is 11.9. The summed E-state index contributed by atoms with van der Waals surface area (Å²) in [6.45, 7) is 0. The van der Waals surface area contributed by atoms with Crippen LogP contribution < -0.4 is 10.1 Å². The van der Waals surface area contributed by atoms with Crippen LogP contribution in [0.4, 0.5) is 17.6 Å². The Morgan fingerprint density at radius 3 is 2.43 bits per heavy atom. The van der Waals surface area contributed by atoms with Gasteiger partial charge >= 0.3 is 18.1 Å². The highest BCUT2D eigenvalue weighted by Crippen LogP contribution is 2.48. The predicted molar refractivity (Wildman–Crippen MR) is 69.5 cm³/mol. The topological polar surface area (TPSA) is 75.6 Å². The first-order valence-corrected chi connectivity index (χ1v) is 6.56. The quantitative estimate of drug-likeness (QED) is 0.825. The van der Waals surface area contributed by atoms with Gasteiger partial charge in [-0.1, -0.05) is 6.07 Å². The van der Waals surface area contributed by atoms with Gasteiger partial charge in [-0.25, -0.2) is 4.39 Å². The van der Waals surface area contributed by atoms with Gasteiger partial charge in [-0.15, -0.1) is 0 Å². The second kappa shape index (κ2) is 5.71. The van der Waals surface area contributed by atoms with E-state index < -0.39 is 35.3 Å². The van der Waals surface area contributed by atoms with Crippen LogP contribution in [0.5, 0.6) is 5.75 Å². The summed E-state index contributed by atoms with van der Waals surface area (Å²) in [5.74, 6) is -4.37. The average molecular weight is 335 g/mol. The number of halogens is 4. The summed E-state index contributed by atoms with van der Waals surface area (Å²) in [4.78, 5) is 22.5. The maximum Gasteiger partial charge on any atom is 0.471 e. The normalized spacial score (nSPS) is 23.8. The van der Waals surface area contributed by atoms with Crippen LogP contribution in [0.25, 0.3) is 0 Å². The van der Waals surface area contributed by atoms with Gasteiger partial charge in [0.05, 0.1) is 7.11 Å². The number of carbonyl (C=O) groups is 2. The largest absolute Gasteiger partial charge is 0.496 e. The van der Waals surface area contributed by atoms with Crippen molar-refractivity contribution in [2.24, 2.45) is 0 Å². The van der Waals surface area contributed by atoms with Gasteiger partial charge in [-0.2, -0.15) is 13.2 Å². The van der Waals surface area contributed by atoms with E-state index in [4.69, 9.17) is 4.74 Å². The number of alkyl halides is 3. The molecule has 0 unspecified atom stereocenters. The fourth-order valence-corrected chi connectivity index (χ4v) is 2.78. The second-order valence-corrected chi connectivity index (χ2v) is 5.28. The molecular formula is C14H13F4NO4. The lowest BCUT2D eigenvalue weighted by Crippen LogP contribution is -2.59. The molecule has 1 aliphatic rings. The minimum Gasteiger partial charge on any atom is -0.496 e. The highest BCUT2D eigenvalue weighted by Gasteiger charge is 2.56. The summed E-state index contributed by atoms with van der Waals surface area (Å²) < 4.78 is 55.7. The van der Waals surface area contributed by atoms with E-state index >= 15 is 0 Å². The van der Waals surface area contributed by atoms with E-state index in [0.29, 0.717) is 0 Å². The predicted octanol–water partition coefficient (Wildman–Crippen LogP) is 2.00. The van der Waals surface area contributed by atoms with Gasteiger partial charge in [-0.3, -0.25) is 9.59 Å². The van der Waals surface area contributed by atoms with Crippen molar-refractivity contribution in [3.63, 3.8) is 0 Å². The van der Waals surface area contributed by atoms with Crippen molar-refractivity contribution in [1.82, 2.24) is 5.32 Å². The second-order valence-electron chi connectivity index (χ2n) is 5.28. The lowest BCUT2D eigenvalue weighted by atomic mass is 9.61. The average Bonchev–Trinajstić information content (AvgIpc) is 2.40. The molecule has 0 radical (unpaired) electrons. The Hall–Kier alpha value is -2.32. The lowest BCUT2D eigenvalue weighted by molar-refractivity contribution is -0.176. The van der Waals surface area contributed by atoms with Gasteiger partial charge in [0.25, 0.3) is 0 Å². The van der Waals surface area contributed by atoms with Crippen LogP contribution in [0.3, 0.4) is 0 Å². The Kier molecular flexibility index (Phi) is 4.23. The first-order chi connectivity index (χ1) is 10.6. The third-order valence-corrected chi connectivity index (χ3v) is 3.87. The van der Waals surface area contributed by atoms with E-state index in [0.717, 1.165) is 6.07 Å². The Labute approximate surface area is 128 Å². The van der Waals surface area contributed by atoms with Crippen LogP contribution in [-0.4, -0.2) is 36.3 Å². The molecule has 0 saturated heterocycles. The molecule has 1 aromatic rings. The fraction of sp³-hybridized carbons (Fsp3) is 0.429. The lowest BCUT2D eigenvalue weighted by Gasteiger charge is -2.45.